The van der Waals surface area contributed by atoms with Crippen molar-refractivity contribution in [2.45, 2.75) is 33.7 Å². The lowest BCUT2D eigenvalue weighted by Gasteiger charge is -2.29. The Morgan fingerprint density at radius 3 is 2.60 bits per heavy atom. The van der Waals surface area contributed by atoms with E-state index in [0.29, 0.717) is 31.8 Å². The fourth-order valence-electron chi connectivity index (χ4n) is 3.12. The van der Waals surface area contributed by atoms with Crippen LogP contribution >= 0.6 is 0 Å². The standard InChI is InChI=1S/C19H23N3O3/c1-4-25-19(24)17-15-12-21(18(23)13(2)3)11-10-16(15)22(20-17)14-8-6-5-7-9-14/h5-9,13H,4,10-12H2,1-3H3. The molecule has 0 spiro atoms. The minimum atomic E-state index is -0.438. The van der Waals surface area contributed by atoms with E-state index in [1.165, 1.54) is 0 Å². The van der Waals surface area contributed by atoms with Crippen molar-refractivity contribution in [1.29, 1.82) is 0 Å². The summed E-state index contributed by atoms with van der Waals surface area (Å²) in [5.41, 5.74) is 2.98. The highest BCUT2D eigenvalue weighted by molar-refractivity contribution is 5.90. The molecule has 132 valence electrons. The topological polar surface area (TPSA) is 64.4 Å². The lowest BCUT2D eigenvalue weighted by atomic mass is 10.0. The molecule has 3 rings (SSSR count). The van der Waals surface area contributed by atoms with Crippen molar-refractivity contribution in [3.05, 3.63) is 47.3 Å². The lowest BCUT2D eigenvalue weighted by molar-refractivity contribution is -0.135. The third-order valence-electron chi connectivity index (χ3n) is 4.33. The van der Waals surface area contributed by atoms with E-state index in [1.807, 2.05) is 44.2 Å². The average molecular weight is 341 g/mol. The predicted molar refractivity (Wildman–Crippen MR) is 93.5 cm³/mol. The zero-order chi connectivity index (χ0) is 18.0. The molecule has 0 saturated heterocycles. The molecule has 1 amide bonds. The van der Waals surface area contributed by atoms with Crippen LogP contribution in [0.5, 0.6) is 0 Å². The van der Waals surface area contributed by atoms with E-state index in [4.69, 9.17) is 4.74 Å². The van der Waals surface area contributed by atoms with Gasteiger partial charge in [-0.1, -0.05) is 32.0 Å². The number of aromatic nitrogens is 2. The zero-order valence-corrected chi connectivity index (χ0v) is 14.9. The Balaban J connectivity index is 2.04. The Morgan fingerprint density at radius 2 is 1.96 bits per heavy atom. The van der Waals surface area contributed by atoms with Crippen molar-refractivity contribution < 1.29 is 14.3 Å². The number of fused-ring (bicyclic) bond motifs is 1. The number of hydrogen-bond acceptors (Lipinski definition) is 4. The maximum atomic E-state index is 12.4. The van der Waals surface area contributed by atoms with Crippen molar-refractivity contribution in [2.75, 3.05) is 13.2 Å². The SMILES string of the molecule is CCOC(=O)c1nn(-c2ccccc2)c2c1CN(C(=O)C(C)C)CC2. The van der Waals surface area contributed by atoms with Gasteiger partial charge >= 0.3 is 5.97 Å². The molecule has 0 aliphatic carbocycles. The van der Waals surface area contributed by atoms with E-state index in [9.17, 15) is 9.59 Å². The first-order chi connectivity index (χ1) is 12.0. The highest BCUT2D eigenvalue weighted by Gasteiger charge is 2.31. The first-order valence-electron chi connectivity index (χ1n) is 8.65. The quantitative estimate of drug-likeness (QED) is 0.802. The number of hydrogen-bond donors (Lipinski definition) is 0. The lowest BCUT2D eigenvalue weighted by Crippen LogP contribution is -2.39. The van der Waals surface area contributed by atoms with Gasteiger partial charge in [0.25, 0.3) is 0 Å². The molecule has 6 heteroatoms. The van der Waals surface area contributed by atoms with Gasteiger partial charge in [-0.3, -0.25) is 4.79 Å². The van der Waals surface area contributed by atoms with Gasteiger partial charge < -0.3 is 9.64 Å². The molecule has 0 radical (unpaired) electrons. The largest absolute Gasteiger partial charge is 0.461 e. The van der Waals surface area contributed by atoms with Gasteiger partial charge in [0.1, 0.15) is 0 Å². The smallest absolute Gasteiger partial charge is 0.359 e. The second kappa shape index (κ2) is 7.09. The number of amides is 1. The number of carbonyl (C=O) groups is 2. The van der Waals surface area contributed by atoms with E-state index < -0.39 is 5.97 Å². The summed E-state index contributed by atoms with van der Waals surface area (Å²) in [6.45, 7) is 6.86. The average Bonchev–Trinajstić information content (AvgIpc) is 3.00. The molecular formula is C19H23N3O3. The summed E-state index contributed by atoms with van der Waals surface area (Å²) in [7, 11) is 0. The van der Waals surface area contributed by atoms with Gasteiger partial charge in [-0.25, -0.2) is 9.48 Å². The summed E-state index contributed by atoms with van der Waals surface area (Å²) < 4.78 is 6.97. The molecule has 0 fully saturated rings. The molecule has 6 nitrogen and oxygen atoms in total. The van der Waals surface area contributed by atoms with Gasteiger partial charge in [0.05, 0.1) is 18.0 Å². The van der Waals surface area contributed by atoms with Crippen molar-refractivity contribution >= 4 is 11.9 Å². The monoisotopic (exact) mass is 341 g/mol. The van der Waals surface area contributed by atoms with E-state index in [-0.39, 0.29) is 11.8 Å². The molecule has 0 saturated carbocycles. The summed E-state index contributed by atoms with van der Waals surface area (Å²) in [5.74, 6) is -0.419. The second-order valence-corrected chi connectivity index (χ2v) is 6.41. The maximum Gasteiger partial charge on any atom is 0.359 e. The Bertz CT molecular complexity index is 781. The fraction of sp³-hybridized carbons (Fsp3) is 0.421. The van der Waals surface area contributed by atoms with Gasteiger partial charge in [-0.2, -0.15) is 5.10 Å². The van der Waals surface area contributed by atoms with Gasteiger partial charge in [-0.15, -0.1) is 0 Å². The van der Waals surface area contributed by atoms with Crippen molar-refractivity contribution in [3.8, 4) is 5.69 Å². The van der Waals surface area contributed by atoms with Gasteiger partial charge in [0.2, 0.25) is 5.91 Å². The highest BCUT2D eigenvalue weighted by Crippen LogP contribution is 2.26. The van der Waals surface area contributed by atoms with Crippen LogP contribution in [0.4, 0.5) is 0 Å². The normalized spacial score (nSPS) is 13.7. The molecule has 1 aromatic heterocycles. The highest BCUT2D eigenvalue weighted by atomic mass is 16.5. The molecule has 0 atom stereocenters. The number of para-hydroxylation sites is 1. The van der Waals surface area contributed by atoms with E-state index in [1.54, 1.807) is 16.5 Å². The number of rotatable bonds is 4. The van der Waals surface area contributed by atoms with Gasteiger partial charge in [0.15, 0.2) is 5.69 Å². The second-order valence-electron chi connectivity index (χ2n) is 6.41. The molecule has 0 N–H and O–H groups in total. The minimum absolute atomic E-state index is 0.0724. The Morgan fingerprint density at radius 1 is 1.24 bits per heavy atom. The van der Waals surface area contributed by atoms with Crippen LogP contribution in [0.2, 0.25) is 0 Å². The summed E-state index contributed by atoms with van der Waals surface area (Å²) in [4.78, 5) is 26.5. The zero-order valence-electron chi connectivity index (χ0n) is 14.9. The molecule has 2 heterocycles. The molecule has 0 bridgehead atoms. The van der Waals surface area contributed by atoms with E-state index >= 15 is 0 Å². The number of carbonyl (C=O) groups excluding carboxylic acids is 2. The van der Waals surface area contributed by atoms with Gasteiger partial charge in [0, 0.05) is 31.0 Å². The Labute approximate surface area is 147 Å². The van der Waals surface area contributed by atoms with Crippen LogP contribution in [0, 0.1) is 5.92 Å². The Kier molecular flexibility index (Phi) is 4.88. The molecular weight excluding hydrogens is 318 g/mol. The van der Waals surface area contributed by atoms with Crippen LogP contribution in [0.1, 0.15) is 42.5 Å². The van der Waals surface area contributed by atoms with E-state index in [2.05, 4.69) is 5.10 Å². The number of nitrogens with zero attached hydrogens (tertiary/aromatic N) is 3. The third-order valence-corrected chi connectivity index (χ3v) is 4.33. The van der Waals surface area contributed by atoms with Crippen LogP contribution in [0.25, 0.3) is 5.69 Å². The minimum Gasteiger partial charge on any atom is -0.461 e. The molecule has 25 heavy (non-hydrogen) atoms. The summed E-state index contributed by atoms with van der Waals surface area (Å²) in [6.07, 6.45) is 0.662. The van der Waals surface area contributed by atoms with Crippen LogP contribution in [-0.2, 0) is 22.5 Å². The predicted octanol–water partition coefficient (Wildman–Crippen LogP) is 2.59. The number of ether oxygens (including phenoxy) is 1. The molecule has 1 aliphatic heterocycles. The third kappa shape index (κ3) is 3.29. The fourth-order valence-corrected chi connectivity index (χ4v) is 3.12. The first-order valence-corrected chi connectivity index (χ1v) is 8.65. The molecule has 1 aromatic carbocycles. The molecule has 2 aromatic rings. The maximum absolute atomic E-state index is 12.4. The number of benzene rings is 1. The molecule has 1 aliphatic rings. The summed E-state index contributed by atoms with van der Waals surface area (Å²) >= 11 is 0. The summed E-state index contributed by atoms with van der Waals surface area (Å²) in [6, 6.07) is 9.71. The van der Waals surface area contributed by atoms with Crippen molar-refractivity contribution in [1.82, 2.24) is 14.7 Å². The molecule has 0 unspecified atom stereocenters. The van der Waals surface area contributed by atoms with Crippen LogP contribution in [0.15, 0.2) is 30.3 Å². The van der Waals surface area contributed by atoms with Crippen LogP contribution in [0.3, 0.4) is 0 Å². The van der Waals surface area contributed by atoms with E-state index in [0.717, 1.165) is 16.9 Å². The van der Waals surface area contributed by atoms with Crippen molar-refractivity contribution in [2.24, 2.45) is 5.92 Å². The van der Waals surface area contributed by atoms with Crippen LogP contribution in [-0.4, -0.2) is 39.7 Å². The van der Waals surface area contributed by atoms with Crippen LogP contribution < -0.4 is 0 Å². The van der Waals surface area contributed by atoms with Gasteiger partial charge in [-0.05, 0) is 19.1 Å². The van der Waals surface area contributed by atoms with Crippen molar-refractivity contribution in [3.63, 3.8) is 0 Å². The Hall–Kier alpha value is -2.63. The first kappa shape index (κ1) is 17.2. The summed E-state index contributed by atoms with van der Waals surface area (Å²) in [5, 5.41) is 4.52. The number of esters is 1.